The predicted molar refractivity (Wildman–Crippen MR) is 98.6 cm³/mol. The van der Waals surface area contributed by atoms with Crippen molar-refractivity contribution in [2.45, 2.75) is 38.6 Å². The second kappa shape index (κ2) is 9.59. The van der Waals surface area contributed by atoms with E-state index in [0.717, 1.165) is 76.9 Å². The summed E-state index contributed by atoms with van der Waals surface area (Å²) in [5.41, 5.74) is 0. The van der Waals surface area contributed by atoms with E-state index in [1.807, 2.05) is 0 Å². The minimum Gasteiger partial charge on any atom is -0.379 e. The molecule has 6 heteroatoms. The zero-order valence-corrected chi connectivity index (χ0v) is 15.3. The fourth-order valence-electron chi connectivity index (χ4n) is 3.28. The minimum atomic E-state index is 0.851. The highest BCUT2D eigenvalue weighted by molar-refractivity contribution is 5.79. The normalized spacial score (nSPS) is 22.8. The zero-order valence-electron chi connectivity index (χ0n) is 15.3. The van der Waals surface area contributed by atoms with Crippen LogP contribution in [0.4, 0.5) is 0 Å². The number of hydrogen-bond donors (Lipinski definition) is 2. The first-order valence-electron chi connectivity index (χ1n) is 9.91. The third-order valence-electron chi connectivity index (χ3n) is 5.08. The van der Waals surface area contributed by atoms with Gasteiger partial charge in [0.1, 0.15) is 0 Å². The van der Waals surface area contributed by atoms with Crippen molar-refractivity contribution in [3.8, 4) is 0 Å². The molecule has 0 atom stereocenters. The van der Waals surface area contributed by atoms with Gasteiger partial charge in [-0.3, -0.25) is 14.8 Å². The largest absolute Gasteiger partial charge is 0.379 e. The second-order valence-electron chi connectivity index (χ2n) is 7.31. The first-order chi connectivity index (χ1) is 11.8. The molecule has 2 N–H and O–H groups in total. The molecule has 2 aliphatic carbocycles. The molecule has 24 heavy (non-hydrogen) atoms. The summed E-state index contributed by atoms with van der Waals surface area (Å²) in [5, 5.41) is 6.89. The van der Waals surface area contributed by atoms with E-state index < -0.39 is 0 Å². The molecule has 0 unspecified atom stereocenters. The van der Waals surface area contributed by atoms with E-state index in [1.165, 1.54) is 32.2 Å². The van der Waals surface area contributed by atoms with Gasteiger partial charge in [-0.15, -0.1) is 0 Å². The number of hydrogen-bond acceptors (Lipinski definition) is 4. The average molecular weight is 338 g/mol. The Morgan fingerprint density at radius 2 is 1.96 bits per heavy atom. The third-order valence-corrected chi connectivity index (χ3v) is 5.08. The lowest BCUT2D eigenvalue weighted by Gasteiger charge is -2.26. The highest BCUT2D eigenvalue weighted by atomic mass is 16.5. The van der Waals surface area contributed by atoms with Crippen LogP contribution in [0.5, 0.6) is 0 Å². The van der Waals surface area contributed by atoms with Crippen molar-refractivity contribution < 1.29 is 4.74 Å². The number of rotatable bonds is 10. The summed E-state index contributed by atoms with van der Waals surface area (Å²) in [6.45, 7) is 12.2. The van der Waals surface area contributed by atoms with Gasteiger partial charge in [0.15, 0.2) is 5.96 Å². The number of guanidine groups is 1. The summed E-state index contributed by atoms with van der Waals surface area (Å²) < 4.78 is 5.39. The monoisotopic (exact) mass is 337 g/mol. The summed E-state index contributed by atoms with van der Waals surface area (Å²) in [7, 11) is 0. The van der Waals surface area contributed by atoms with Crippen LogP contribution in [0.3, 0.4) is 0 Å². The van der Waals surface area contributed by atoms with Crippen LogP contribution in [0.25, 0.3) is 0 Å². The minimum absolute atomic E-state index is 0.851. The van der Waals surface area contributed by atoms with Crippen molar-refractivity contribution in [1.82, 2.24) is 20.4 Å². The number of ether oxygens (including phenoxy) is 1. The molecule has 3 fully saturated rings. The molecule has 138 valence electrons. The summed E-state index contributed by atoms with van der Waals surface area (Å²) in [6.07, 6.45) is 5.70. The van der Waals surface area contributed by atoms with Crippen molar-refractivity contribution in [1.29, 1.82) is 0 Å². The van der Waals surface area contributed by atoms with Crippen molar-refractivity contribution in [3.05, 3.63) is 0 Å². The van der Waals surface area contributed by atoms with Gasteiger partial charge in [0.25, 0.3) is 0 Å². The van der Waals surface area contributed by atoms with E-state index in [-0.39, 0.29) is 0 Å². The molecule has 1 heterocycles. The van der Waals surface area contributed by atoms with E-state index in [9.17, 15) is 0 Å². The Balaban J connectivity index is 1.35. The Morgan fingerprint density at radius 1 is 1.17 bits per heavy atom. The summed E-state index contributed by atoms with van der Waals surface area (Å²) in [6, 6.07) is 0.869. The lowest BCUT2D eigenvalue weighted by molar-refractivity contribution is 0.0394. The van der Waals surface area contributed by atoms with Crippen LogP contribution in [-0.2, 0) is 4.74 Å². The average Bonchev–Trinajstić information content (AvgIpc) is 3.48. The predicted octanol–water partition coefficient (Wildman–Crippen LogP) is 0.748. The SMILES string of the molecule is CCNC(=NCCN1CCOCC1)NCCN(CC1CC1)C1CC1. The number of nitrogens with zero attached hydrogens (tertiary/aromatic N) is 3. The Bertz CT molecular complexity index is 389. The standard InChI is InChI=1S/C18H35N5O/c1-2-19-18(20-7-9-22-11-13-24-14-12-22)21-8-10-23(17-5-6-17)15-16-3-4-16/h16-17H,2-15H2,1H3,(H2,19,20,21). The number of nitrogens with one attached hydrogen (secondary N) is 2. The van der Waals surface area contributed by atoms with Gasteiger partial charge < -0.3 is 15.4 Å². The van der Waals surface area contributed by atoms with Crippen LogP contribution in [-0.4, -0.2) is 87.4 Å². The maximum Gasteiger partial charge on any atom is 0.191 e. The Kier molecular flexibility index (Phi) is 7.17. The van der Waals surface area contributed by atoms with Gasteiger partial charge in [-0.2, -0.15) is 0 Å². The molecule has 0 aromatic carbocycles. The van der Waals surface area contributed by atoms with Crippen LogP contribution < -0.4 is 10.6 Å². The molecule has 0 bridgehead atoms. The Labute approximate surface area is 147 Å². The van der Waals surface area contributed by atoms with Gasteiger partial charge in [-0.05, 0) is 38.5 Å². The van der Waals surface area contributed by atoms with E-state index in [0.29, 0.717) is 0 Å². The number of morpholine rings is 1. The zero-order chi connectivity index (χ0) is 16.6. The molecule has 3 rings (SSSR count). The van der Waals surface area contributed by atoms with E-state index in [4.69, 9.17) is 9.73 Å². The maximum atomic E-state index is 5.39. The highest BCUT2D eigenvalue weighted by Gasteiger charge is 2.33. The molecule has 0 radical (unpaired) electrons. The highest BCUT2D eigenvalue weighted by Crippen LogP contribution is 2.34. The quantitative estimate of drug-likeness (QED) is 0.455. The molecular formula is C18H35N5O. The van der Waals surface area contributed by atoms with Crippen LogP contribution in [0, 0.1) is 5.92 Å². The molecule has 0 spiro atoms. The van der Waals surface area contributed by atoms with E-state index in [1.54, 1.807) is 0 Å². The second-order valence-corrected chi connectivity index (χ2v) is 7.31. The molecule has 2 saturated carbocycles. The third kappa shape index (κ3) is 6.57. The van der Waals surface area contributed by atoms with Crippen LogP contribution in [0.2, 0.25) is 0 Å². The molecule has 0 amide bonds. The van der Waals surface area contributed by atoms with Gasteiger partial charge >= 0.3 is 0 Å². The Hall–Kier alpha value is -0.850. The molecule has 1 aliphatic heterocycles. The smallest absolute Gasteiger partial charge is 0.191 e. The maximum absolute atomic E-state index is 5.39. The van der Waals surface area contributed by atoms with Crippen molar-refractivity contribution in [2.75, 3.05) is 65.6 Å². The lowest BCUT2D eigenvalue weighted by atomic mass is 10.3. The fourth-order valence-corrected chi connectivity index (χ4v) is 3.28. The molecule has 3 aliphatic rings. The van der Waals surface area contributed by atoms with Crippen LogP contribution in [0.15, 0.2) is 4.99 Å². The van der Waals surface area contributed by atoms with E-state index >= 15 is 0 Å². The summed E-state index contributed by atoms with van der Waals surface area (Å²) >= 11 is 0. The van der Waals surface area contributed by atoms with Gasteiger partial charge in [0.2, 0.25) is 0 Å². The summed E-state index contributed by atoms with van der Waals surface area (Å²) in [5.74, 6) is 1.95. The molecule has 0 aromatic rings. The van der Waals surface area contributed by atoms with Crippen LogP contribution >= 0.6 is 0 Å². The Morgan fingerprint density at radius 3 is 2.62 bits per heavy atom. The van der Waals surface area contributed by atoms with Crippen LogP contribution in [0.1, 0.15) is 32.6 Å². The molecule has 0 aromatic heterocycles. The van der Waals surface area contributed by atoms with Gasteiger partial charge in [-0.1, -0.05) is 0 Å². The van der Waals surface area contributed by atoms with Gasteiger partial charge in [0.05, 0.1) is 19.8 Å². The van der Waals surface area contributed by atoms with Crippen molar-refractivity contribution in [3.63, 3.8) is 0 Å². The fraction of sp³-hybridized carbons (Fsp3) is 0.944. The molecule has 6 nitrogen and oxygen atoms in total. The molecular weight excluding hydrogens is 302 g/mol. The lowest BCUT2D eigenvalue weighted by Crippen LogP contribution is -2.43. The topological polar surface area (TPSA) is 52.1 Å². The first kappa shape index (κ1) is 18.0. The first-order valence-corrected chi connectivity index (χ1v) is 9.91. The molecule has 1 saturated heterocycles. The van der Waals surface area contributed by atoms with Gasteiger partial charge in [-0.25, -0.2) is 0 Å². The van der Waals surface area contributed by atoms with Crippen molar-refractivity contribution in [2.24, 2.45) is 10.9 Å². The van der Waals surface area contributed by atoms with Crippen molar-refractivity contribution >= 4 is 5.96 Å². The van der Waals surface area contributed by atoms with E-state index in [2.05, 4.69) is 27.4 Å². The number of aliphatic imine (C=N–C) groups is 1. The summed E-state index contributed by atoms with van der Waals surface area (Å²) in [4.78, 5) is 9.86. The van der Waals surface area contributed by atoms with Gasteiger partial charge in [0, 0.05) is 51.9 Å².